The Hall–Kier alpha value is -3.47. The predicted molar refractivity (Wildman–Crippen MR) is 104 cm³/mol. The minimum Gasteiger partial charge on any atom is -0.444 e. The zero-order chi connectivity index (χ0) is 18.6. The van der Waals surface area contributed by atoms with Crippen LogP contribution in [0.15, 0.2) is 71.5 Å². The van der Waals surface area contributed by atoms with Crippen LogP contribution in [-0.2, 0) is 6.42 Å². The molecule has 27 heavy (non-hydrogen) atoms. The van der Waals surface area contributed by atoms with Crippen molar-refractivity contribution in [2.75, 3.05) is 6.54 Å². The Morgan fingerprint density at radius 3 is 2.74 bits per heavy atom. The molecule has 5 heteroatoms. The van der Waals surface area contributed by atoms with Gasteiger partial charge in [-0.15, -0.1) is 0 Å². The van der Waals surface area contributed by atoms with E-state index in [1.807, 2.05) is 55.5 Å². The van der Waals surface area contributed by atoms with Crippen LogP contribution >= 0.6 is 0 Å². The van der Waals surface area contributed by atoms with E-state index in [0.29, 0.717) is 29.9 Å². The Morgan fingerprint density at radius 2 is 1.89 bits per heavy atom. The summed E-state index contributed by atoms with van der Waals surface area (Å²) in [6, 6.07) is 17.4. The van der Waals surface area contributed by atoms with Crippen molar-refractivity contribution in [2.45, 2.75) is 13.3 Å². The fraction of sp³-hybridized carbons (Fsp3) is 0.136. The van der Waals surface area contributed by atoms with Crippen molar-refractivity contribution in [1.82, 2.24) is 15.3 Å². The van der Waals surface area contributed by atoms with Gasteiger partial charge in [0.1, 0.15) is 6.26 Å². The van der Waals surface area contributed by atoms with Crippen LogP contribution in [0.25, 0.3) is 22.4 Å². The average Bonchev–Trinajstić information content (AvgIpc) is 3.17. The molecule has 0 bridgehead atoms. The Labute approximate surface area is 157 Å². The van der Waals surface area contributed by atoms with Crippen molar-refractivity contribution < 1.29 is 9.21 Å². The molecule has 0 aliphatic rings. The molecular weight excluding hydrogens is 338 g/mol. The highest BCUT2D eigenvalue weighted by atomic mass is 16.3. The molecule has 0 saturated heterocycles. The van der Waals surface area contributed by atoms with Crippen LogP contribution in [0.5, 0.6) is 0 Å². The van der Waals surface area contributed by atoms with E-state index >= 15 is 0 Å². The second kappa shape index (κ2) is 7.41. The lowest BCUT2D eigenvalue weighted by atomic mass is 10.1. The van der Waals surface area contributed by atoms with Gasteiger partial charge in [0.2, 0.25) is 5.89 Å². The smallest absolute Gasteiger partial charge is 0.253 e. The molecule has 0 spiro atoms. The van der Waals surface area contributed by atoms with Crippen molar-refractivity contribution >= 4 is 16.8 Å². The number of benzene rings is 2. The second-order valence-corrected chi connectivity index (χ2v) is 6.40. The van der Waals surface area contributed by atoms with Crippen LogP contribution in [0.1, 0.15) is 21.6 Å². The van der Waals surface area contributed by atoms with E-state index < -0.39 is 0 Å². The zero-order valence-corrected chi connectivity index (χ0v) is 15.0. The van der Waals surface area contributed by atoms with E-state index in [4.69, 9.17) is 4.42 Å². The maximum atomic E-state index is 12.5. The van der Waals surface area contributed by atoms with Crippen LogP contribution in [0.2, 0.25) is 0 Å². The summed E-state index contributed by atoms with van der Waals surface area (Å²) in [7, 11) is 0. The third kappa shape index (κ3) is 3.72. The Kier molecular flexibility index (Phi) is 4.66. The number of rotatable bonds is 5. The quantitative estimate of drug-likeness (QED) is 0.582. The van der Waals surface area contributed by atoms with Crippen LogP contribution in [0.3, 0.4) is 0 Å². The van der Waals surface area contributed by atoms with Crippen LogP contribution in [0.4, 0.5) is 0 Å². The van der Waals surface area contributed by atoms with Crippen LogP contribution in [0, 0.1) is 6.92 Å². The molecule has 0 aliphatic heterocycles. The molecule has 0 fully saturated rings. The standard InChI is InChI=1S/C22H19N3O2/c1-15-7-9-17(10-8-15)22-25-18(14-27-22)11-13-24-21(26)19-6-2-4-16-5-3-12-23-20(16)19/h2-10,12,14H,11,13H2,1H3,(H,24,26). The number of nitrogens with one attached hydrogen (secondary N) is 1. The first-order chi connectivity index (χ1) is 13.2. The first-order valence-electron chi connectivity index (χ1n) is 8.84. The molecule has 134 valence electrons. The minimum atomic E-state index is -0.137. The molecule has 0 atom stereocenters. The zero-order valence-electron chi connectivity index (χ0n) is 15.0. The SMILES string of the molecule is Cc1ccc(-c2nc(CCNC(=O)c3cccc4cccnc34)co2)cc1. The summed E-state index contributed by atoms with van der Waals surface area (Å²) in [6.45, 7) is 2.51. The monoisotopic (exact) mass is 357 g/mol. The number of aryl methyl sites for hydroxylation is 1. The van der Waals surface area contributed by atoms with Gasteiger partial charge in [-0.2, -0.15) is 0 Å². The first-order valence-corrected chi connectivity index (χ1v) is 8.84. The average molecular weight is 357 g/mol. The van der Waals surface area contributed by atoms with Gasteiger partial charge in [-0.05, 0) is 31.2 Å². The number of aromatic nitrogens is 2. The number of para-hydroxylation sites is 1. The predicted octanol–water partition coefficient (Wildman–Crippen LogP) is 4.17. The summed E-state index contributed by atoms with van der Waals surface area (Å²) in [6.07, 6.45) is 3.93. The lowest BCUT2D eigenvalue weighted by Crippen LogP contribution is -2.26. The number of carbonyl (C=O) groups excluding carboxylic acids is 1. The molecule has 1 amide bonds. The molecule has 0 saturated carbocycles. The molecule has 5 nitrogen and oxygen atoms in total. The Morgan fingerprint density at radius 1 is 1.07 bits per heavy atom. The summed E-state index contributed by atoms with van der Waals surface area (Å²) >= 11 is 0. The van der Waals surface area contributed by atoms with Crippen molar-refractivity contribution in [3.63, 3.8) is 0 Å². The molecule has 4 aromatic rings. The maximum absolute atomic E-state index is 12.5. The summed E-state index contributed by atoms with van der Waals surface area (Å²) in [5.41, 5.74) is 4.23. The van der Waals surface area contributed by atoms with Crippen molar-refractivity contribution in [1.29, 1.82) is 0 Å². The maximum Gasteiger partial charge on any atom is 0.253 e. The highest BCUT2D eigenvalue weighted by Gasteiger charge is 2.11. The van der Waals surface area contributed by atoms with Crippen molar-refractivity contribution in [2.24, 2.45) is 0 Å². The van der Waals surface area contributed by atoms with Gasteiger partial charge in [-0.3, -0.25) is 9.78 Å². The van der Waals surface area contributed by atoms with Gasteiger partial charge in [-0.25, -0.2) is 4.98 Å². The molecular formula is C22H19N3O2. The summed E-state index contributed by atoms with van der Waals surface area (Å²) < 4.78 is 5.56. The van der Waals surface area contributed by atoms with E-state index in [1.54, 1.807) is 18.5 Å². The van der Waals surface area contributed by atoms with E-state index in [1.165, 1.54) is 5.56 Å². The molecule has 0 radical (unpaired) electrons. The van der Waals surface area contributed by atoms with E-state index in [9.17, 15) is 4.79 Å². The van der Waals surface area contributed by atoms with Gasteiger partial charge in [0, 0.05) is 30.1 Å². The second-order valence-electron chi connectivity index (χ2n) is 6.40. The van der Waals surface area contributed by atoms with Gasteiger partial charge in [-0.1, -0.05) is 35.9 Å². The first kappa shape index (κ1) is 17.0. The Balaban J connectivity index is 1.40. The number of amides is 1. The lowest BCUT2D eigenvalue weighted by molar-refractivity contribution is 0.0955. The fourth-order valence-corrected chi connectivity index (χ4v) is 2.94. The topological polar surface area (TPSA) is 68.0 Å². The summed E-state index contributed by atoms with van der Waals surface area (Å²) in [4.78, 5) is 21.3. The molecule has 0 aliphatic carbocycles. The van der Waals surface area contributed by atoms with Crippen LogP contribution in [-0.4, -0.2) is 22.4 Å². The van der Waals surface area contributed by atoms with Gasteiger partial charge in [0.05, 0.1) is 16.8 Å². The number of carbonyl (C=O) groups is 1. The molecule has 1 N–H and O–H groups in total. The third-order valence-corrected chi connectivity index (χ3v) is 4.39. The van der Waals surface area contributed by atoms with E-state index in [0.717, 1.165) is 16.6 Å². The normalized spacial score (nSPS) is 10.9. The van der Waals surface area contributed by atoms with Crippen molar-refractivity contribution in [3.05, 3.63) is 83.9 Å². The van der Waals surface area contributed by atoms with Gasteiger partial charge < -0.3 is 9.73 Å². The fourth-order valence-electron chi connectivity index (χ4n) is 2.94. The van der Waals surface area contributed by atoms with Gasteiger partial charge in [0.25, 0.3) is 5.91 Å². The lowest BCUT2D eigenvalue weighted by Gasteiger charge is -2.06. The summed E-state index contributed by atoms with van der Waals surface area (Å²) in [5, 5.41) is 3.88. The number of nitrogens with zero attached hydrogens (tertiary/aromatic N) is 2. The number of fused-ring (bicyclic) bond motifs is 1. The van der Waals surface area contributed by atoms with E-state index in [-0.39, 0.29) is 5.91 Å². The highest BCUT2D eigenvalue weighted by molar-refractivity contribution is 6.05. The highest BCUT2D eigenvalue weighted by Crippen LogP contribution is 2.19. The molecule has 2 heterocycles. The number of hydrogen-bond donors (Lipinski definition) is 1. The van der Waals surface area contributed by atoms with Crippen molar-refractivity contribution in [3.8, 4) is 11.5 Å². The van der Waals surface area contributed by atoms with E-state index in [2.05, 4.69) is 15.3 Å². The molecule has 2 aromatic carbocycles. The number of oxazole rings is 1. The number of hydrogen-bond acceptors (Lipinski definition) is 4. The van der Waals surface area contributed by atoms with Crippen LogP contribution < -0.4 is 5.32 Å². The molecule has 4 rings (SSSR count). The van der Waals surface area contributed by atoms with Gasteiger partial charge in [0.15, 0.2) is 0 Å². The minimum absolute atomic E-state index is 0.137. The van der Waals surface area contributed by atoms with Gasteiger partial charge >= 0.3 is 0 Å². The number of pyridine rings is 1. The largest absolute Gasteiger partial charge is 0.444 e. The summed E-state index contributed by atoms with van der Waals surface area (Å²) in [5.74, 6) is 0.455. The Bertz CT molecular complexity index is 1080. The third-order valence-electron chi connectivity index (χ3n) is 4.39. The molecule has 0 unspecified atom stereocenters. The molecule has 2 aromatic heterocycles.